The van der Waals surface area contributed by atoms with Gasteiger partial charge in [-0.15, -0.1) is 0 Å². The predicted molar refractivity (Wildman–Crippen MR) is 124 cm³/mol. The fourth-order valence-electron chi connectivity index (χ4n) is 4.92. The lowest BCUT2D eigenvalue weighted by Gasteiger charge is -2.45. The highest BCUT2D eigenvalue weighted by Gasteiger charge is 2.51. The lowest BCUT2D eigenvalue weighted by molar-refractivity contribution is 0.103. The lowest BCUT2D eigenvalue weighted by Crippen LogP contribution is -2.40. The third-order valence-electron chi connectivity index (χ3n) is 6.06. The molecule has 4 aromatic carbocycles. The first-order valence-electron chi connectivity index (χ1n) is 9.62. The van der Waals surface area contributed by atoms with Gasteiger partial charge in [-0.3, -0.25) is 4.79 Å². The van der Waals surface area contributed by atoms with Crippen LogP contribution in [0.4, 0.5) is 0 Å². The molecule has 6 rings (SSSR count). The molecule has 1 aliphatic carbocycles. The molecule has 4 aromatic rings. The zero-order valence-corrected chi connectivity index (χ0v) is 18.8. The molecular formula is C26H14Br2O2. The van der Waals surface area contributed by atoms with E-state index in [4.69, 9.17) is 4.74 Å². The summed E-state index contributed by atoms with van der Waals surface area (Å²) >= 11 is 7.31. The summed E-state index contributed by atoms with van der Waals surface area (Å²) in [5.41, 5.74) is 4.82. The zero-order chi connectivity index (χ0) is 20.5. The Morgan fingerprint density at radius 3 is 1.57 bits per heavy atom. The van der Waals surface area contributed by atoms with Gasteiger partial charge in [-0.2, -0.15) is 0 Å². The topological polar surface area (TPSA) is 26.3 Å². The second kappa shape index (κ2) is 6.40. The quantitative estimate of drug-likeness (QED) is 0.212. The second-order valence-electron chi connectivity index (χ2n) is 7.55. The number of hydrogen-bond donors (Lipinski definition) is 0. The maximum atomic E-state index is 13.4. The van der Waals surface area contributed by atoms with Crippen molar-refractivity contribution in [3.63, 3.8) is 0 Å². The molecule has 30 heavy (non-hydrogen) atoms. The van der Waals surface area contributed by atoms with Crippen molar-refractivity contribution in [2.24, 2.45) is 0 Å². The normalized spacial score (nSPS) is 14.9. The van der Waals surface area contributed by atoms with Gasteiger partial charge >= 0.3 is 0 Å². The molecule has 144 valence electrons. The maximum absolute atomic E-state index is 13.4. The van der Waals surface area contributed by atoms with Crippen LogP contribution in [0, 0.1) is 0 Å². The van der Waals surface area contributed by atoms with Gasteiger partial charge in [-0.1, -0.05) is 80.4 Å². The molecule has 0 fully saturated rings. The van der Waals surface area contributed by atoms with Gasteiger partial charge < -0.3 is 4.74 Å². The largest absolute Gasteiger partial charge is 0.457 e. The van der Waals surface area contributed by atoms with E-state index in [1.165, 1.54) is 0 Å². The molecule has 0 unspecified atom stereocenters. The standard InChI is InChI=1S/C26H14Br2O2/c27-15-9-11-23-21(13-15)26(22-14-16(28)10-12-24(22)30-23)19-7-3-1-5-17(19)25(29)18-6-2-4-8-20(18)26/h1-14H. The smallest absolute Gasteiger partial charge is 0.193 e. The van der Waals surface area contributed by atoms with E-state index >= 15 is 0 Å². The summed E-state index contributed by atoms with van der Waals surface area (Å²) in [6, 6.07) is 28.1. The number of ketones is 1. The average molecular weight is 518 g/mol. The number of carbonyl (C=O) groups excluding carboxylic acids is 1. The zero-order valence-electron chi connectivity index (χ0n) is 15.7. The van der Waals surface area contributed by atoms with Crippen LogP contribution in [-0.2, 0) is 5.41 Å². The van der Waals surface area contributed by atoms with E-state index in [1.54, 1.807) is 0 Å². The molecule has 0 saturated heterocycles. The molecule has 0 amide bonds. The van der Waals surface area contributed by atoms with Gasteiger partial charge in [-0.25, -0.2) is 0 Å². The second-order valence-corrected chi connectivity index (χ2v) is 9.38. The van der Waals surface area contributed by atoms with E-state index in [1.807, 2.05) is 60.7 Å². The van der Waals surface area contributed by atoms with Crippen LogP contribution in [0.3, 0.4) is 0 Å². The first-order chi connectivity index (χ1) is 14.6. The van der Waals surface area contributed by atoms with Crippen LogP contribution in [-0.4, -0.2) is 5.78 Å². The molecule has 4 heteroatoms. The number of halogens is 2. The number of fused-ring (bicyclic) bond motifs is 8. The highest BCUT2D eigenvalue weighted by atomic mass is 79.9. The minimum absolute atomic E-state index is 0.0615. The summed E-state index contributed by atoms with van der Waals surface area (Å²) in [4.78, 5) is 13.4. The minimum Gasteiger partial charge on any atom is -0.457 e. The van der Waals surface area contributed by atoms with Gasteiger partial charge in [0.1, 0.15) is 11.5 Å². The van der Waals surface area contributed by atoms with E-state index in [2.05, 4.69) is 56.1 Å². The first kappa shape index (κ1) is 18.1. The van der Waals surface area contributed by atoms with Crippen LogP contribution in [0.15, 0.2) is 93.9 Å². The van der Waals surface area contributed by atoms with Crippen molar-refractivity contribution < 1.29 is 9.53 Å². The lowest BCUT2D eigenvalue weighted by atomic mass is 9.58. The molecule has 0 saturated carbocycles. The number of benzene rings is 4. The van der Waals surface area contributed by atoms with E-state index in [9.17, 15) is 4.79 Å². The maximum Gasteiger partial charge on any atom is 0.193 e. The molecule has 1 heterocycles. The Morgan fingerprint density at radius 2 is 1.07 bits per heavy atom. The van der Waals surface area contributed by atoms with Gasteiger partial charge in [-0.05, 0) is 47.5 Å². The molecule has 0 N–H and O–H groups in total. The molecule has 1 spiro atoms. The Morgan fingerprint density at radius 1 is 0.600 bits per heavy atom. The van der Waals surface area contributed by atoms with Crippen molar-refractivity contribution >= 4 is 37.6 Å². The van der Waals surface area contributed by atoms with Crippen LogP contribution < -0.4 is 4.74 Å². The van der Waals surface area contributed by atoms with Crippen LogP contribution in [0.1, 0.15) is 38.2 Å². The van der Waals surface area contributed by atoms with Gasteiger partial charge in [0.2, 0.25) is 0 Å². The minimum atomic E-state index is -0.655. The molecule has 0 atom stereocenters. The summed E-state index contributed by atoms with van der Waals surface area (Å²) in [7, 11) is 0. The number of ether oxygens (including phenoxy) is 1. The van der Waals surface area contributed by atoms with Crippen molar-refractivity contribution in [3.8, 4) is 11.5 Å². The van der Waals surface area contributed by atoms with Crippen LogP contribution in [0.25, 0.3) is 0 Å². The fourth-order valence-corrected chi connectivity index (χ4v) is 5.64. The number of carbonyl (C=O) groups is 1. The average Bonchev–Trinajstić information content (AvgIpc) is 2.77. The summed E-state index contributed by atoms with van der Waals surface area (Å²) in [5.74, 6) is 1.66. The van der Waals surface area contributed by atoms with Crippen molar-refractivity contribution in [1.82, 2.24) is 0 Å². The Labute approximate surface area is 190 Å². The fraction of sp³-hybridized carbons (Fsp3) is 0.0385. The summed E-state index contributed by atoms with van der Waals surface area (Å²) < 4.78 is 8.28. The molecule has 1 aliphatic heterocycles. The molecule has 0 bridgehead atoms. The highest BCUT2D eigenvalue weighted by molar-refractivity contribution is 9.10. The van der Waals surface area contributed by atoms with Gasteiger partial charge in [0, 0.05) is 31.2 Å². The molecule has 2 nitrogen and oxygen atoms in total. The van der Waals surface area contributed by atoms with Crippen molar-refractivity contribution in [1.29, 1.82) is 0 Å². The molecule has 0 radical (unpaired) electrons. The summed E-state index contributed by atoms with van der Waals surface area (Å²) in [5, 5.41) is 0. The van der Waals surface area contributed by atoms with Crippen molar-refractivity contribution in [2.75, 3.05) is 0 Å². The predicted octanol–water partition coefficient (Wildman–Crippen LogP) is 7.24. The number of rotatable bonds is 0. The summed E-state index contributed by atoms with van der Waals surface area (Å²) in [6.07, 6.45) is 0. The molecule has 2 aliphatic rings. The van der Waals surface area contributed by atoms with Crippen LogP contribution in [0.5, 0.6) is 11.5 Å². The van der Waals surface area contributed by atoms with E-state index in [-0.39, 0.29) is 5.78 Å². The first-order valence-corrected chi connectivity index (χ1v) is 11.2. The Bertz CT molecular complexity index is 1270. The Balaban J connectivity index is 1.88. The highest BCUT2D eigenvalue weighted by Crippen LogP contribution is 2.59. The van der Waals surface area contributed by atoms with E-state index in [0.717, 1.165) is 53.8 Å². The molecular weight excluding hydrogens is 504 g/mol. The Kier molecular flexibility index (Phi) is 3.86. The molecule has 0 aromatic heterocycles. The van der Waals surface area contributed by atoms with Crippen LogP contribution in [0.2, 0.25) is 0 Å². The van der Waals surface area contributed by atoms with Gasteiger partial charge in [0.05, 0.1) is 5.41 Å². The van der Waals surface area contributed by atoms with Crippen LogP contribution >= 0.6 is 31.9 Å². The SMILES string of the molecule is O=C1c2ccccc2C2(c3cc(Br)ccc3Oc3ccc(Br)cc32)c2ccccc21. The third-order valence-corrected chi connectivity index (χ3v) is 7.05. The van der Waals surface area contributed by atoms with E-state index < -0.39 is 5.41 Å². The number of hydrogen-bond acceptors (Lipinski definition) is 2. The van der Waals surface area contributed by atoms with Gasteiger partial charge in [0.15, 0.2) is 5.78 Å². The van der Waals surface area contributed by atoms with E-state index in [0.29, 0.717) is 0 Å². The monoisotopic (exact) mass is 516 g/mol. The third kappa shape index (κ3) is 2.26. The van der Waals surface area contributed by atoms with Crippen molar-refractivity contribution in [2.45, 2.75) is 5.41 Å². The summed E-state index contributed by atoms with van der Waals surface area (Å²) in [6.45, 7) is 0. The Hall–Kier alpha value is -2.69. The van der Waals surface area contributed by atoms with Gasteiger partial charge in [0.25, 0.3) is 0 Å². The van der Waals surface area contributed by atoms with Crippen molar-refractivity contribution in [3.05, 3.63) is 127 Å².